The quantitative estimate of drug-likeness (QED) is 0.686. The molecule has 0 saturated heterocycles. The van der Waals surface area contributed by atoms with Crippen molar-refractivity contribution in [1.82, 2.24) is 5.32 Å². The first-order chi connectivity index (χ1) is 10.6. The lowest BCUT2D eigenvalue weighted by molar-refractivity contribution is -0.125. The van der Waals surface area contributed by atoms with Crippen LogP contribution in [0.5, 0.6) is 0 Å². The molecule has 0 radical (unpaired) electrons. The Morgan fingerprint density at radius 3 is 2.64 bits per heavy atom. The van der Waals surface area contributed by atoms with Crippen LogP contribution >= 0.6 is 0 Å². The van der Waals surface area contributed by atoms with Crippen molar-refractivity contribution in [2.24, 2.45) is 17.6 Å². The zero-order chi connectivity index (χ0) is 15.9. The fraction of sp³-hybridized carbons (Fsp3) is 0.611. The molecule has 22 heavy (non-hydrogen) atoms. The number of benzene rings is 1. The van der Waals surface area contributed by atoms with Gasteiger partial charge in [-0.3, -0.25) is 4.79 Å². The lowest BCUT2D eigenvalue weighted by Gasteiger charge is -2.27. The molecule has 0 aliphatic heterocycles. The summed E-state index contributed by atoms with van der Waals surface area (Å²) < 4.78 is 0. The molecule has 0 unspecified atom stereocenters. The van der Waals surface area contributed by atoms with Crippen molar-refractivity contribution >= 4 is 5.91 Å². The third-order valence-corrected chi connectivity index (χ3v) is 4.64. The van der Waals surface area contributed by atoms with Gasteiger partial charge in [-0.1, -0.05) is 43.7 Å². The maximum absolute atomic E-state index is 12.0. The first-order valence-electron chi connectivity index (χ1n) is 8.31. The van der Waals surface area contributed by atoms with Gasteiger partial charge < -0.3 is 16.2 Å². The Bertz CT molecular complexity index is 459. The number of amides is 1. The third kappa shape index (κ3) is 5.11. The average molecular weight is 304 g/mol. The van der Waals surface area contributed by atoms with Gasteiger partial charge in [-0.25, -0.2) is 0 Å². The fourth-order valence-corrected chi connectivity index (χ4v) is 2.78. The van der Waals surface area contributed by atoms with Gasteiger partial charge in [0, 0.05) is 18.5 Å². The molecular weight excluding hydrogens is 276 g/mol. The molecule has 3 atom stereocenters. The summed E-state index contributed by atoms with van der Waals surface area (Å²) in [5.41, 5.74) is 7.18. The van der Waals surface area contributed by atoms with Crippen LogP contribution in [-0.4, -0.2) is 29.7 Å². The van der Waals surface area contributed by atoms with Crippen LogP contribution in [0.2, 0.25) is 0 Å². The zero-order valence-corrected chi connectivity index (χ0v) is 13.4. The van der Waals surface area contributed by atoms with E-state index in [9.17, 15) is 9.90 Å². The maximum Gasteiger partial charge on any atom is 0.222 e. The molecule has 0 heterocycles. The minimum atomic E-state index is -0.662. The number of carbonyl (C=O) groups excluding carboxylic acids is 1. The number of carbonyl (C=O) groups is 1. The molecule has 1 amide bonds. The van der Waals surface area contributed by atoms with E-state index in [1.54, 1.807) is 0 Å². The highest BCUT2D eigenvalue weighted by atomic mass is 16.3. The highest BCUT2D eigenvalue weighted by molar-refractivity contribution is 5.78. The smallest absolute Gasteiger partial charge is 0.222 e. The van der Waals surface area contributed by atoms with Crippen LogP contribution in [0.1, 0.15) is 38.2 Å². The molecule has 0 aromatic heterocycles. The number of hydrogen-bond acceptors (Lipinski definition) is 3. The van der Waals surface area contributed by atoms with Crippen molar-refractivity contribution < 1.29 is 9.90 Å². The van der Waals surface area contributed by atoms with Crippen LogP contribution in [0.3, 0.4) is 0 Å². The van der Waals surface area contributed by atoms with Gasteiger partial charge in [-0.2, -0.15) is 0 Å². The lowest BCUT2D eigenvalue weighted by atomic mass is 9.85. The topological polar surface area (TPSA) is 75.3 Å². The Morgan fingerprint density at radius 1 is 1.36 bits per heavy atom. The number of rotatable bonds is 8. The molecule has 1 aromatic carbocycles. The molecule has 2 rings (SSSR count). The van der Waals surface area contributed by atoms with Crippen LogP contribution in [0.25, 0.3) is 0 Å². The van der Waals surface area contributed by atoms with Crippen LogP contribution < -0.4 is 11.1 Å². The second-order valence-corrected chi connectivity index (χ2v) is 6.60. The second kappa shape index (κ2) is 8.30. The summed E-state index contributed by atoms with van der Waals surface area (Å²) in [5, 5.41) is 13.2. The Labute approximate surface area is 133 Å². The Hall–Kier alpha value is -1.39. The minimum Gasteiger partial charge on any atom is -0.391 e. The summed E-state index contributed by atoms with van der Waals surface area (Å²) in [6, 6.07) is 9.54. The summed E-state index contributed by atoms with van der Waals surface area (Å²) in [6.45, 7) is 2.63. The third-order valence-electron chi connectivity index (χ3n) is 4.64. The molecule has 4 heteroatoms. The van der Waals surface area contributed by atoms with E-state index < -0.39 is 6.10 Å². The number of nitrogens with two attached hydrogens (primary N) is 1. The summed E-state index contributed by atoms with van der Waals surface area (Å²) in [6.07, 6.45) is 4.09. The van der Waals surface area contributed by atoms with Crippen LogP contribution in [0, 0.1) is 11.8 Å². The van der Waals surface area contributed by atoms with Gasteiger partial charge in [-0.05, 0) is 37.2 Å². The van der Waals surface area contributed by atoms with Crippen molar-refractivity contribution in [2.45, 2.75) is 51.2 Å². The number of aliphatic hydroxyl groups is 1. The highest BCUT2D eigenvalue weighted by Gasteiger charge is 2.24. The van der Waals surface area contributed by atoms with Gasteiger partial charge in [-0.15, -0.1) is 0 Å². The largest absolute Gasteiger partial charge is 0.391 e. The van der Waals surface area contributed by atoms with Crippen LogP contribution in [0.15, 0.2) is 30.3 Å². The van der Waals surface area contributed by atoms with E-state index in [0.29, 0.717) is 18.8 Å². The SMILES string of the molecule is C[C@H](C[C@H](O)[C@@H](N)Cc1ccccc1)C(=O)NCC1CCC1. The first-order valence-corrected chi connectivity index (χ1v) is 8.31. The molecular formula is C18H28N2O2. The Morgan fingerprint density at radius 2 is 2.05 bits per heavy atom. The van der Waals surface area contributed by atoms with Gasteiger partial charge in [0.15, 0.2) is 0 Å². The molecule has 1 fully saturated rings. The predicted molar refractivity (Wildman–Crippen MR) is 88.3 cm³/mol. The summed E-state index contributed by atoms with van der Waals surface area (Å²) >= 11 is 0. The van der Waals surface area contributed by atoms with Crippen molar-refractivity contribution in [2.75, 3.05) is 6.54 Å². The van der Waals surface area contributed by atoms with Gasteiger partial charge in [0.25, 0.3) is 0 Å². The first kappa shape index (κ1) is 17.0. The summed E-state index contributed by atoms with van der Waals surface area (Å²) in [5.74, 6) is 0.469. The molecule has 1 aliphatic rings. The van der Waals surface area contributed by atoms with Gasteiger partial charge >= 0.3 is 0 Å². The van der Waals surface area contributed by atoms with Gasteiger partial charge in [0.2, 0.25) is 5.91 Å². The molecule has 0 spiro atoms. The standard InChI is InChI=1S/C18H28N2O2/c1-13(18(22)20-12-15-8-5-9-15)10-17(21)16(19)11-14-6-3-2-4-7-14/h2-4,6-7,13,15-17,21H,5,8-12,19H2,1H3,(H,20,22)/t13-,16+,17+/m1/s1. The molecule has 4 nitrogen and oxygen atoms in total. The van der Waals surface area contributed by atoms with Crippen molar-refractivity contribution in [3.05, 3.63) is 35.9 Å². The molecule has 0 bridgehead atoms. The van der Waals surface area contributed by atoms with Crippen LogP contribution in [-0.2, 0) is 11.2 Å². The van der Waals surface area contributed by atoms with E-state index >= 15 is 0 Å². The highest BCUT2D eigenvalue weighted by Crippen LogP contribution is 2.25. The van der Waals surface area contributed by atoms with E-state index in [2.05, 4.69) is 5.32 Å². The van der Waals surface area contributed by atoms with Gasteiger partial charge in [0.05, 0.1) is 6.10 Å². The monoisotopic (exact) mass is 304 g/mol. The Balaban J connectivity index is 1.72. The molecule has 4 N–H and O–H groups in total. The van der Waals surface area contributed by atoms with Crippen molar-refractivity contribution in [3.8, 4) is 0 Å². The lowest BCUT2D eigenvalue weighted by Crippen LogP contribution is -2.41. The number of nitrogens with one attached hydrogen (secondary N) is 1. The van der Waals surface area contributed by atoms with Gasteiger partial charge in [0.1, 0.15) is 0 Å². The molecule has 122 valence electrons. The maximum atomic E-state index is 12.0. The fourth-order valence-electron chi connectivity index (χ4n) is 2.78. The number of hydrogen-bond donors (Lipinski definition) is 3. The van der Waals surface area contributed by atoms with E-state index in [-0.39, 0.29) is 17.9 Å². The molecule has 1 saturated carbocycles. The zero-order valence-electron chi connectivity index (χ0n) is 13.4. The van der Waals surface area contributed by atoms with E-state index in [0.717, 1.165) is 12.1 Å². The van der Waals surface area contributed by atoms with E-state index in [1.165, 1.54) is 19.3 Å². The van der Waals surface area contributed by atoms with E-state index in [4.69, 9.17) is 5.73 Å². The second-order valence-electron chi connectivity index (χ2n) is 6.60. The number of aliphatic hydroxyl groups excluding tert-OH is 1. The van der Waals surface area contributed by atoms with E-state index in [1.807, 2.05) is 37.3 Å². The molecule has 1 aliphatic carbocycles. The van der Waals surface area contributed by atoms with Crippen LogP contribution in [0.4, 0.5) is 0 Å². The normalized spacial score (nSPS) is 19.0. The van der Waals surface area contributed by atoms with Crippen molar-refractivity contribution in [3.63, 3.8) is 0 Å². The average Bonchev–Trinajstić information content (AvgIpc) is 2.46. The summed E-state index contributed by atoms with van der Waals surface area (Å²) in [4.78, 5) is 12.0. The minimum absolute atomic E-state index is 0.0258. The van der Waals surface area contributed by atoms with Crippen molar-refractivity contribution in [1.29, 1.82) is 0 Å². The summed E-state index contributed by atoms with van der Waals surface area (Å²) in [7, 11) is 0. The Kier molecular flexibility index (Phi) is 6.40. The predicted octanol–water partition coefficient (Wildman–Crippen LogP) is 1.86. The molecule has 1 aromatic rings.